The second-order valence-electron chi connectivity index (χ2n) is 5.21. The molecule has 98 valence electrons. The number of rotatable bonds is 6. The monoisotopic (exact) mass is 258 g/mol. The zero-order chi connectivity index (χ0) is 12.4. The van der Waals surface area contributed by atoms with Gasteiger partial charge >= 0.3 is 0 Å². The number of carbonyl (C=O) groups excluding carboxylic acids is 1. The van der Waals surface area contributed by atoms with Gasteiger partial charge in [0.05, 0.1) is 6.04 Å². The Morgan fingerprint density at radius 2 is 2.18 bits per heavy atom. The highest BCUT2D eigenvalue weighted by molar-refractivity contribution is 7.84. The number of hydrogen-bond acceptors (Lipinski definition) is 3. The van der Waals surface area contributed by atoms with Crippen molar-refractivity contribution in [2.75, 3.05) is 19.3 Å². The molecule has 1 saturated carbocycles. The predicted octanol–water partition coefficient (Wildman–Crippen LogP) is 0.496. The van der Waals surface area contributed by atoms with E-state index in [1.165, 1.54) is 12.8 Å². The molecule has 2 fully saturated rings. The second-order valence-corrected chi connectivity index (χ2v) is 7.01. The molecule has 3 unspecified atom stereocenters. The molecule has 0 radical (unpaired) electrons. The van der Waals surface area contributed by atoms with E-state index in [-0.39, 0.29) is 17.2 Å². The van der Waals surface area contributed by atoms with Gasteiger partial charge < -0.3 is 10.2 Å². The molecule has 1 N–H and O–H groups in total. The number of likely N-dealkylation sites (tertiary alicyclic amines) is 1. The van der Waals surface area contributed by atoms with E-state index in [0.29, 0.717) is 6.04 Å². The van der Waals surface area contributed by atoms with Gasteiger partial charge in [-0.05, 0) is 25.7 Å². The zero-order valence-electron chi connectivity index (χ0n) is 10.6. The highest BCUT2D eigenvalue weighted by atomic mass is 32.2. The molecule has 5 heteroatoms. The lowest BCUT2D eigenvalue weighted by atomic mass is 10.2. The number of nitrogens with zero attached hydrogens (tertiary/aromatic N) is 1. The van der Waals surface area contributed by atoms with Crippen LogP contribution >= 0.6 is 0 Å². The summed E-state index contributed by atoms with van der Waals surface area (Å²) in [6, 6.07) is 0.635. The van der Waals surface area contributed by atoms with Gasteiger partial charge in [0.1, 0.15) is 0 Å². The Morgan fingerprint density at radius 1 is 1.47 bits per heavy atom. The maximum Gasteiger partial charge on any atom is 0.239 e. The summed E-state index contributed by atoms with van der Waals surface area (Å²) >= 11 is 0. The summed E-state index contributed by atoms with van der Waals surface area (Å²) in [5, 5.41) is 3.57. The molecule has 0 bridgehead atoms. The fraction of sp³-hybridized carbons (Fsp3) is 0.917. The minimum absolute atomic E-state index is 0.0462. The molecule has 3 atom stereocenters. The van der Waals surface area contributed by atoms with Gasteiger partial charge in [0.25, 0.3) is 0 Å². The third-order valence-electron chi connectivity index (χ3n) is 3.68. The van der Waals surface area contributed by atoms with Crippen LogP contribution < -0.4 is 5.32 Å². The van der Waals surface area contributed by atoms with Gasteiger partial charge in [-0.1, -0.05) is 6.92 Å². The lowest BCUT2D eigenvalue weighted by molar-refractivity contribution is -0.129. The Morgan fingerprint density at radius 3 is 2.76 bits per heavy atom. The summed E-state index contributed by atoms with van der Waals surface area (Å²) in [5.41, 5.74) is 0. The fourth-order valence-electron chi connectivity index (χ4n) is 2.15. The van der Waals surface area contributed by atoms with Crippen LogP contribution in [-0.4, -0.2) is 51.7 Å². The molecule has 1 aliphatic heterocycles. The largest absolute Gasteiger partial charge is 0.341 e. The molecule has 2 aliphatic rings. The van der Waals surface area contributed by atoms with Crippen molar-refractivity contribution in [3.8, 4) is 0 Å². The van der Waals surface area contributed by atoms with Gasteiger partial charge in [-0.25, -0.2) is 0 Å². The molecular weight excluding hydrogens is 236 g/mol. The molecule has 0 aromatic rings. The average Bonchev–Trinajstić information content (AvgIpc) is 3.03. The third kappa shape index (κ3) is 3.52. The van der Waals surface area contributed by atoms with E-state index in [4.69, 9.17) is 0 Å². The van der Waals surface area contributed by atoms with Crippen LogP contribution in [-0.2, 0) is 15.6 Å². The molecule has 1 saturated heterocycles. The van der Waals surface area contributed by atoms with E-state index in [2.05, 4.69) is 5.32 Å². The lowest BCUT2D eigenvalue weighted by Crippen LogP contribution is -2.40. The van der Waals surface area contributed by atoms with Crippen molar-refractivity contribution >= 4 is 16.7 Å². The van der Waals surface area contributed by atoms with Crippen molar-refractivity contribution in [1.29, 1.82) is 0 Å². The Balaban J connectivity index is 1.74. The van der Waals surface area contributed by atoms with Crippen LogP contribution in [0.1, 0.15) is 32.6 Å². The summed E-state index contributed by atoms with van der Waals surface area (Å²) in [6.07, 6.45) is 5.93. The molecular formula is C12H22N2O2S. The predicted molar refractivity (Wildman–Crippen MR) is 69.3 cm³/mol. The molecule has 0 spiro atoms. The van der Waals surface area contributed by atoms with Gasteiger partial charge in [0.15, 0.2) is 0 Å². The van der Waals surface area contributed by atoms with Crippen molar-refractivity contribution in [3.05, 3.63) is 0 Å². The molecule has 0 aromatic carbocycles. The number of carbonyl (C=O) groups is 1. The first-order valence-corrected chi connectivity index (χ1v) is 8.07. The number of hydrogen-bond donors (Lipinski definition) is 1. The Bertz CT molecular complexity index is 318. The summed E-state index contributed by atoms with van der Waals surface area (Å²) in [7, 11) is -0.783. The molecule has 0 aromatic heterocycles. The van der Waals surface area contributed by atoms with Crippen LogP contribution in [0.5, 0.6) is 0 Å². The van der Waals surface area contributed by atoms with E-state index < -0.39 is 10.8 Å². The third-order valence-corrected chi connectivity index (χ3v) is 5.05. The summed E-state index contributed by atoms with van der Waals surface area (Å²) in [6.45, 7) is 3.59. The van der Waals surface area contributed by atoms with Crippen LogP contribution in [0.2, 0.25) is 0 Å². The molecule has 4 nitrogen and oxygen atoms in total. The molecule has 1 aliphatic carbocycles. The van der Waals surface area contributed by atoms with Crippen molar-refractivity contribution in [2.24, 2.45) is 0 Å². The van der Waals surface area contributed by atoms with Gasteiger partial charge in [0.2, 0.25) is 5.91 Å². The second kappa shape index (κ2) is 5.48. The van der Waals surface area contributed by atoms with Crippen LogP contribution in [0.3, 0.4) is 0 Å². The van der Waals surface area contributed by atoms with Crippen molar-refractivity contribution in [2.45, 2.75) is 49.9 Å². The van der Waals surface area contributed by atoms with Crippen molar-refractivity contribution in [3.63, 3.8) is 0 Å². The molecule has 1 amide bonds. The first-order chi connectivity index (χ1) is 8.08. The first-order valence-electron chi connectivity index (χ1n) is 6.45. The fourth-order valence-corrected chi connectivity index (χ4v) is 2.59. The highest BCUT2D eigenvalue weighted by Gasteiger charge is 2.35. The van der Waals surface area contributed by atoms with Crippen molar-refractivity contribution in [1.82, 2.24) is 10.2 Å². The Kier molecular flexibility index (Phi) is 4.20. The van der Waals surface area contributed by atoms with E-state index in [0.717, 1.165) is 25.9 Å². The zero-order valence-corrected chi connectivity index (χ0v) is 11.5. The molecule has 17 heavy (non-hydrogen) atoms. The minimum atomic E-state index is -0.783. The van der Waals surface area contributed by atoms with Crippen molar-refractivity contribution < 1.29 is 9.00 Å². The maximum absolute atomic E-state index is 12.0. The topological polar surface area (TPSA) is 49.4 Å². The van der Waals surface area contributed by atoms with Gasteiger partial charge in [0, 0.05) is 41.4 Å². The van der Waals surface area contributed by atoms with Crippen LogP contribution in [0, 0.1) is 0 Å². The minimum Gasteiger partial charge on any atom is -0.341 e. The van der Waals surface area contributed by atoms with Gasteiger partial charge in [-0.2, -0.15) is 0 Å². The highest BCUT2D eigenvalue weighted by Crippen LogP contribution is 2.22. The number of nitrogens with one attached hydrogen (secondary N) is 1. The Labute approximate surface area is 106 Å². The maximum atomic E-state index is 12.0. The van der Waals surface area contributed by atoms with E-state index in [1.54, 1.807) is 6.26 Å². The average molecular weight is 258 g/mol. The SMILES string of the molecule is CC(CCN1CCC(NC2CC2)C1=O)S(C)=O. The van der Waals surface area contributed by atoms with Crippen LogP contribution in [0.4, 0.5) is 0 Å². The normalized spacial score (nSPS) is 28.5. The van der Waals surface area contributed by atoms with E-state index in [9.17, 15) is 9.00 Å². The van der Waals surface area contributed by atoms with Gasteiger partial charge in [-0.3, -0.25) is 9.00 Å². The Hall–Kier alpha value is -0.420. The quantitative estimate of drug-likeness (QED) is 0.754. The summed E-state index contributed by atoms with van der Waals surface area (Å²) in [4.78, 5) is 14.0. The summed E-state index contributed by atoms with van der Waals surface area (Å²) < 4.78 is 11.2. The van der Waals surface area contributed by atoms with Gasteiger partial charge in [-0.15, -0.1) is 0 Å². The molecule has 1 heterocycles. The first kappa shape index (κ1) is 13.0. The standard InChI is InChI=1S/C12H22N2O2S/c1-9(17(2)16)5-7-14-8-6-11(12(14)15)13-10-3-4-10/h9-11,13H,3-8H2,1-2H3. The summed E-state index contributed by atoms with van der Waals surface area (Å²) in [5.74, 6) is 0.242. The van der Waals surface area contributed by atoms with Crippen LogP contribution in [0.15, 0.2) is 0 Å². The smallest absolute Gasteiger partial charge is 0.239 e. The van der Waals surface area contributed by atoms with E-state index in [1.807, 2.05) is 11.8 Å². The number of amides is 1. The lowest BCUT2D eigenvalue weighted by Gasteiger charge is -2.18. The van der Waals surface area contributed by atoms with Crippen LogP contribution in [0.25, 0.3) is 0 Å². The van der Waals surface area contributed by atoms with E-state index >= 15 is 0 Å². The molecule has 2 rings (SSSR count).